The van der Waals surface area contributed by atoms with Gasteiger partial charge in [0.1, 0.15) is 5.82 Å². The lowest BCUT2D eigenvalue weighted by atomic mass is 10.0. The Balaban J connectivity index is 2.19. The molecule has 0 saturated heterocycles. The fraction of sp³-hybridized carbons (Fsp3) is 0.0833. The second-order valence-corrected chi connectivity index (χ2v) is 3.90. The molecule has 86 valence electrons. The fourth-order valence-corrected chi connectivity index (χ4v) is 1.55. The van der Waals surface area contributed by atoms with Gasteiger partial charge < -0.3 is 0 Å². The predicted molar refractivity (Wildman–Crippen MR) is 61.5 cm³/mol. The molecule has 1 aromatic heterocycles. The van der Waals surface area contributed by atoms with Gasteiger partial charge in [0.05, 0.1) is 12.4 Å². The fourth-order valence-electron chi connectivity index (χ4n) is 1.40. The number of carbonyl (C=O) groups excluding carboxylic acids is 1. The molecule has 0 N–H and O–H groups in total. The van der Waals surface area contributed by atoms with Crippen molar-refractivity contribution in [1.82, 2.24) is 10.2 Å². The van der Waals surface area contributed by atoms with Gasteiger partial charge in [-0.1, -0.05) is 17.7 Å². The van der Waals surface area contributed by atoms with Crippen LogP contribution in [0.4, 0.5) is 4.39 Å². The van der Waals surface area contributed by atoms with Crippen molar-refractivity contribution in [1.29, 1.82) is 0 Å². The van der Waals surface area contributed by atoms with Crippen LogP contribution in [0.3, 0.4) is 0 Å². The molecule has 0 amide bonds. The maximum Gasteiger partial charge on any atom is 0.169 e. The lowest BCUT2D eigenvalue weighted by Crippen LogP contribution is -2.05. The highest BCUT2D eigenvalue weighted by Crippen LogP contribution is 2.16. The molecule has 2 rings (SSSR count). The third kappa shape index (κ3) is 2.85. The molecule has 1 heterocycles. The Morgan fingerprint density at radius 1 is 1.29 bits per heavy atom. The Bertz CT molecular complexity index is 545. The molecule has 3 nitrogen and oxygen atoms in total. The number of hydrogen-bond donors (Lipinski definition) is 0. The van der Waals surface area contributed by atoms with E-state index in [0.717, 1.165) is 0 Å². The maximum atomic E-state index is 13.5. The molecular formula is C12H8ClFN2O. The van der Waals surface area contributed by atoms with E-state index in [-0.39, 0.29) is 12.2 Å². The molecule has 0 fully saturated rings. The van der Waals surface area contributed by atoms with Crippen molar-refractivity contribution >= 4 is 17.4 Å². The van der Waals surface area contributed by atoms with Gasteiger partial charge in [0, 0.05) is 17.0 Å². The summed E-state index contributed by atoms with van der Waals surface area (Å²) < 4.78 is 13.5. The van der Waals surface area contributed by atoms with Gasteiger partial charge in [0.25, 0.3) is 0 Å². The topological polar surface area (TPSA) is 42.9 Å². The van der Waals surface area contributed by atoms with Gasteiger partial charge in [0.2, 0.25) is 0 Å². The van der Waals surface area contributed by atoms with E-state index >= 15 is 0 Å². The first kappa shape index (κ1) is 11.7. The molecule has 0 aliphatic rings. The maximum absolute atomic E-state index is 13.5. The van der Waals surface area contributed by atoms with Crippen molar-refractivity contribution in [3.63, 3.8) is 0 Å². The molecule has 0 atom stereocenters. The zero-order valence-electron chi connectivity index (χ0n) is 8.73. The van der Waals surface area contributed by atoms with Crippen molar-refractivity contribution in [2.75, 3.05) is 0 Å². The minimum absolute atomic E-state index is 0.0192. The average molecular weight is 251 g/mol. The summed E-state index contributed by atoms with van der Waals surface area (Å²) in [5, 5.41) is 7.48. The van der Waals surface area contributed by atoms with Gasteiger partial charge in [-0.15, -0.1) is 0 Å². The predicted octanol–water partition coefficient (Wildman–Crippen LogP) is 2.69. The van der Waals surface area contributed by atoms with Crippen LogP contribution in [-0.2, 0) is 6.42 Å². The van der Waals surface area contributed by atoms with E-state index in [9.17, 15) is 9.18 Å². The van der Waals surface area contributed by atoms with E-state index in [1.807, 2.05) is 0 Å². The van der Waals surface area contributed by atoms with Crippen LogP contribution in [0.5, 0.6) is 0 Å². The SMILES string of the molecule is O=C(Cc1ccc(Cl)cc1F)c1ccnnc1. The molecule has 2 aromatic rings. The van der Waals surface area contributed by atoms with Crippen LogP contribution in [0.2, 0.25) is 5.02 Å². The Labute approximate surface area is 102 Å². The van der Waals surface area contributed by atoms with Gasteiger partial charge in [-0.2, -0.15) is 10.2 Å². The summed E-state index contributed by atoms with van der Waals surface area (Å²) in [6.45, 7) is 0. The number of halogens is 2. The van der Waals surface area contributed by atoms with Crippen molar-refractivity contribution < 1.29 is 9.18 Å². The van der Waals surface area contributed by atoms with E-state index in [2.05, 4.69) is 10.2 Å². The van der Waals surface area contributed by atoms with Crippen molar-refractivity contribution in [3.05, 3.63) is 58.6 Å². The first-order valence-electron chi connectivity index (χ1n) is 4.90. The van der Waals surface area contributed by atoms with Gasteiger partial charge >= 0.3 is 0 Å². The summed E-state index contributed by atoms with van der Waals surface area (Å²) >= 11 is 5.63. The van der Waals surface area contributed by atoms with E-state index in [1.54, 1.807) is 12.1 Å². The zero-order chi connectivity index (χ0) is 12.3. The number of hydrogen-bond acceptors (Lipinski definition) is 3. The lowest BCUT2D eigenvalue weighted by molar-refractivity contribution is 0.0991. The van der Waals surface area contributed by atoms with Gasteiger partial charge in [-0.05, 0) is 23.8 Å². The summed E-state index contributed by atoms with van der Waals surface area (Å²) in [5.74, 6) is -0.686. The molecule has 0 aliphatic carbocycles. The second kappa shape index (κ2) is 5.01. The summed E-state index contributed by atoms with van der Waals surface area (Å²) in [4.78, 5) is 11.8. The van der Waals surface area contributed by atoms with E-state index in [1.165, 1.54) is 24.5 Å². The average Bonchev–Trinajstić information content (AvgIpc) is 2.34. The number of carbonyl (C=O) groups is 1. The number of nitrogens with zero attached hydrogens (tertiary/aromatic N) is 2. The standard InChI is InChI=1S/C12H8ClFN2O/c13-10-2-1-8(11(14)6-10)5-12(17)9-3-4-15-16-7-9/h1-4,6-7H,5H2. The third-order valence-corrected chi connectivity index (χ3v) is 2.51. The quantitative estimate of drug-likeness (QED) is 0.787. The van der Waals surface area contributed by atoms with E-state index < -0.39 is 5.82 Å². The monoisotopic (exact) mass is 250 g/mol. The van der Waals surface area contributed by atoms with Crippen LogP contribution >= 0.6 is 11.6 Å². The van der Waals surface area contributed by atoms with Gasteiger partial charge in [-0.25, -0.2) is 4.39 Å². The number of aromatic nitrogens is 2. The molecule has 0 unspecified atom stereocenters. The zero-order valence-corrected chi connectivity index (χ0v) is 9.49. The Morgan fingerprint density at radius 3 is 2.76 bits per heavy atom. The molecule has 17 heavy (non-hydrogen) atoms. The van der Waals surface area contributed by atoms with Gasteiger partial charge in [0.15, 0.2) is 5.78 Å². The Morgan fingerprint density at radius 2 is 2.12 bits per heavy atom. The summed E-state index contributed by atoms with van der Waals surface area (Å²) in [7, 11) is 0. The van der Waals surface area contributed by atoms with E-state index in [4.69, 9.17) is 11.6 Å². The minimum Gasteiger partial charge on any atom is -0.294 e. The van der Waals surface area contributed by atoms with Gasteiger partial charge in [-0.3, -0.25) is 4.79 Å². The molecule has 0 radical (unpaired) electrons. The first-order chi connectivity index (χ1) is 8.16. The smallest absolute Gasteiger partial charge is 0.169 e. The highest BCUT2D eigenvalue weighted by Gasteiger charge is 2.10. The highest BCUT2D eigenvalue weighted by molar-refractivity contribution is 6.30. The Hall–Kier alpha value is -1.81. The summed E-state index contributed by atoms with van der Waals surface area (Å²) in [5.41, 5.74) is 0.727. The molecule has 5 heteroatoms. The largest absolute Gasteiger partial charge is 0.294 e. The second-order valence-electron chi connectivity index (χ2n) is 3.47. The number of rotatable bonds is 3. The molecule has 0 aliphatic heterocycles. The van der Waals surface area contributed by atoms with E-state index in [0.29, 0.717) is 16.1 Å². The summed E-state index contributed by atoms with van der Waals surface area (Å²) in [6, 6.07) is 5.79. The minimum atomic E-state index is -0.479. The molecular weight excluding hydrogens is 243 g/mol. The highest BCUT2D eigenvalue weighted by atomic mass is 35.5. The van der Waals surface area contributed by atoms with Crippen molar-refractivity contribution in [2.24, 2.45) is 0 Å². The van der Waals surface area contributed by atoms with Crippen LogP contribution < -0.4 is 0 Å². The third-order valence-electron chi connectivity index (χ3n) is 2.27. The Kier molecular flexibility index (Phi) is 3.44. The van der Waals surface area contributed by atoms with Crippen LogP contribution in [0, 0.1) is 5.82 Å². The summed E-state index contributed by atoms with van der Waals surface area (Å²) in [6.07, 6.45) is 2.76. The molecule has 0 bridgehead atoms. The number of benzene rings is 1. The molecule has 1 aromatic carbocycles. The van der Waals surface area contributed by atoms with Crippen LogP contribution in [-0.4, -0.2) is 16.0 Å². The molecule has 0 spiro atoms. The molecule has 0 saturated carbocycles. The number of Topliss-reactive ketones (excluding diaryl/α,β-unsaturated/α-hetero) is 1. The van der Waals surface area contributed by atoms with Crippen LogP contribution in [0.15, 0.2) is 36.7 Å². The normalized spacial score (nSPS) is 10.2. The lowest BCUT2D eigenvalue weighted by Gasteiger charge is -2.02. The number of ketones is 1. The van der Waals surface area contributed by atoms with Crippen molar-refractivity contribution in [2.45, 2.75) is 6.42 Å². The van der Waals surface area contributed by atoms with Crippen LogP contribution in [0.1, 0.15) is 15.9 Å². The van der Waals surface area contributed by atoms with Crippen LogP contribution in [0.25, 0.3) is 0 Å². The van der Waals surface area contributed by atoms with Crippen molar-refractivity contribution in [3.8, 4) is 0 Å². The first-order valence-corrected chi connectivity index (χ1v) is 5.28.